The van der Waals surface area contributed by atoms with Crippen molar-refractivity contribution in [2.75, 3.05) is 5.32 Å². The first-order valence-corrected chi connectivity index (χ1v) is 8.50. The predicted octanol–water partition coefficient (Wildman–Crippen LogP) is 3.34. The lowest BCUT2D eigenvalue weighted by molar-refractivity contribution is -0.114. The Labute approximate surface area is 136 Å². The molecule has 2 rings (SSSR count). The molecule has 5 nitrogen and oxygen atoms in total. The number of anilines is 1. The summed E-state index contributed by atoms with van der Waals surface area (Å²) in [6.07, 6.45) is 0. The molecule has 23 heavy (non-hydrogen) atoms. The minimum atomic E-state index is -3.89. The summed E-state index contributed by atoms with van der Waals surface area (Å²) in [4.78, 5) is 11.3. The maximum Gasteiger partial charge on any atom is 0.339 e. The lowest BCUT2D eigenvalue weighted by Crippen LogP contribution is -2.12. The number of hydrogen-bond acceptors (Lipinski definition) is 4. The van der Waals surface area contributed by atoms with E-state index in [9.17, 15) is 13.2 Å². The van der Waals surface area contributed by atoms with Crippen LogP contribution in [0.15, 0.2) is 41.3 Å². The SMILES string of the molecule is CC(=O)Nc1cc(C)c(OS(=O)(=O)c2ccc(C)cc2)cc1C. The lowest BCUT2D eigenvalue weighted by atomic mass is 10.1. The van der Waals surface area contributed by atoms with Gasteiger partial charge in [-0.05, 0) is 56.2 Å². The third-order valence-electron chi connectivity index (χ3n) is 3.34. The normalized spacial score (nSPS) is 11.1. The number of carbonyl (C=O) groups excluding carboxylic acids is 1. The molecule has 0 aliphatic heterocycles. The Morgan fingerprint density at radius 1 is 1.00 bits per heavy atom. The van der Waals surface area contributed by atoms with Gasteiger partial charge >= 0.3 is 10.1 Å². The van der Waals surface area contributed by atoms with Crippen molar-refractivity contribution in [1.29, 1.82) is 0 Å². The van der Waals surface area contributed by atoms with Gasteiger partial charge in [0, 0.05) is 12.6 Å². The molecular formula is C17H19NO4S. The number of aryl methyl sites for hydroxylation is 3. The van der Waals surface area contributed by atoms with Crippen LogP contribution in [0.3, 0.4) is 0 Å². The Bertz CT molecular complexity index is 840. The molecule has 1 N–H and O–H groups in total. The Morgan fingerprint density at radius 3 is 2.17 bits per heavy atom. The number of amides is 1. The van der Waals surface area contributed by atoms with Gasteiger partial charge in [0.1, 0.15) is 10.6 Å². The fraction of sp³-hybridized carbons (Fsp3) is 0.235. The highest BCUT2D eigenvalue weighted by Crippen LogP contribution is 2.28. The number of nitrogens with one attached hydrogen (secondary N) is 1. The number of benzene rings is 2. The Hall–Kier alpha value is -2.34. The molecule has 0 bridgehead atoms. The van der Waals surface area contributed by atoms with E-state index in [0.29, 0.717) is 11.3 Å². The lowest BCUT2D eigenvalue weighted by Gasteiger charge is -2.13. The Morgan fingerprint density at radius 2 is 1.61 bits per heavy atom. The summed E-state index contributed by atoms with van der Waals surface area (Å²) in [5.74, 6) is 0.0608. The number of rotatable bonds is 4. The molecule has 0 atom stereocenters. The van der Waals surface area contributed by atoms with Crippen molar-refractivity contribution in [3.8, 4) is 5.75 Å². The van der Waals surface area contributed by atoms with Gasteiger partial charge in [-0.1, -0.05) is 17.7 Å². The molecule has 2 aromatic carbocycles. The second-order valence-electron chi connectivity index (χ2n) is 5.46. The highest BCUT2D eigenvalue weighted by Gasteiger charge is 2.18. The molecule has 0 aliphatic rings. The average molecular weight is 333 g/mol. The van der Waals surface area contributed by atoms with Crippen LogP contribution in [-0.4, -0.2) is 14.3 Å². The molecule has 0 saturated carbocycles. The van der Waals surface area contributed by atoms with E-state index in [-0.39, 0.29) is 16.6 Å². The molecule has 0 saturated heterocycles. The minimum absolute atomic E-state index is 0.103. The van der Waals surface area contributed by atoms with E-state index in [4.69, 9.17) is 4.18 Å². The zero-order valence-electron chi connectivity index (χ0n) is 13.5. The summed E-state index contributed by atoms with van der Waals surface area (Å²) in [5, 5.41) is 2.70. The molecule has 0 unspecified atom stereocenters. The summed E-state index contributed by atoms with van der Waals surface area (Å²) in [7, 11) is -3.89. The predicted molar refractivity (Wildman–Crippen MR) is 89.2 cm³/mol. The Kier molecular flexibility index (Phi) is 4.75. The van der Waals surface area contributed by atoms with E-state index in [1.807, 2.05) is 6.92 Å². The largest absolute Gasteiger partial charge is 0.379 e. The van der Waals surface area contributed by atoms with Crippen LogP contribution in [0.2, 0.25) is 0 Å². The van der Waals surface area contributed by atoms with Crippen LogP contribution < -0.4 is 9.50 Å². The fourth-order valence-corrected chi connectivity index (χ4v) is 3.06. The van der Waals surface area contributed by atoms with Crippen LogP contribution in [0.1, 0.15) is 23.6 Å². The van der Waals surface area contributed by atoms with Crippen molar-refractivity contribution >= 4 is 21.7 Å². The molecule has 6 heteroatoms. The Balaban J connectivity index is 2.34. The molecule has 0 aromatic heterocycles. The van der Waals surface area contributed by atoms with Gasteiger partial charge in [-0.2, -0.15) is 8.42 Å². The topological polar surface area (TPSA) is 72.5 Å². The van der Waals surface area contributed by atoms with E-state index in [1.165, 1.54) is 19.1 Å². The summed E-state index contributed by atoms with van der Waals surface area (Å²) < 4.78 is 30.0. The van der Waals surface area contributed by atoms with Gasteiger partial charge in [-0.3, -0.25) is 4.79 Å². The maximum absolute atomic E-state index is 12.3. The zero-order chi connectivity index (χ0) is 17.2. The highest BCUT2D eigenvalue weighted by molar-refractivity contribution is 7.87. The second kappa shape index (κ2) is 6.42. The van der Waals surface area contributed by atoms with Gasteiger partial charge in [0.05, 0.1) is 0 Å². The van der Waals surface area contributed by atoms with Gasteiger partial charge in [-0.25, -0.2) is 0 Å². The van der Waals surface area contributed by atoms with Crippen LogP contribution in [0.4, 0.5) is 5.69 Å². The first-order chi connectivity index (χ1) is 10.7. The molecule has 122 valence electrons. The molecule has 0 spiro atoms. The van der Waals surface area contributed by atoms with E-state index in [1.54, 1.807) is 38.1 Å². The summed E-state index contributed by atoms with van der Waals surface area (Å²) in [6, 6.07) is 9.75. The highest BCUT2D eigenvalue weighted by atomic mass is 32.2. The molecular weight excluding hydrogens is 314 g/mol. The molecule has 2 aromatic rings. The van der Waals surface area contributed by atoms with E-state index in [2.05, 4.69) is 5.32 Å². The zero-order valence-corrected chi connectivity index (χ0v) is 14.3. The minimum Gasteiger partial charge on any atom is -0.379 e. The van der Waals surface area contributed by atoms with Crippen molar-refractivity contribution in [1.82, 2.24) is 0 Å². The van der Waals surface area contributed by atoms with Gasteiger partial charge in [0.2, 0.25) is 5.91 Å². The van der Waals surface area contributed by atoms with Crippen molar-refractivity contribution in [2.24, 2.45) is 0 Å². The molecule has 0 fully saturated rings. The van der Waals surface area contributed by atoms with Gasteiger partial charge < -0.3 is 9.50 Å². The van der Waals surface area contributed by atoms with Gasteiger partial charge in [0.15, 0.2) is 0 Å². The number of hydrogen-bond donors (Lipinski definition) is 1. The summed E-state index contributed by atoms with van der Waals surface area (Å²) >= 11 is 0. The second-order valence-corrected chi connectivity index (χ2v) is 7.01. The van der Waals surface area contributed by atoms with Crippen LogP contribution in [0.5, 0.6) is 5.75 Å². The van der Waals surface area contributed by atoms with Crippen LogP contribution in [-0.2, 0) is 14.9 Å². The quantitative estimate of drug-likeness (QED) is 0.871. The molecule has 1 amide bonds. The maximum atomic E-state index is 12.3. The van der Waals surface area contributed by atoms with E-state index < -0.39 is 10.1 Å². The van der Waals surface area contributed by atoms with Crippen LogP contribution in [0, 0.1) is 20.8 Å². The third-order valence-corrected chi connectivity index (χ3v) is 4.59. The van der Waals surface area contributed by atoms with Gasteiger partial charge in [0.25, 0.3) is 0 Å². The summed E-state index contributed by atoms with van der Waals surface area (Å²) in [5.41, 5.74) is 2.95. The first-order valence-electron chi connectivity index (χ1n) is 7.09. The number of carbonyl (C=O) groups is 1. The smallest absolute Gasteiger partial charge is 0.339 e. The molecule has 0 heterocycles. The van der Waals surface area contributed by atoms with Crippen molar-refractivity contribution < 1.29 is 17.4 Å². The standard InChI is InChI=1S/C17H19NO4S/c1-11-5-7-15(8-6-11)23(20,21)22-17-10-12(2)16(9-13(17)3)18-14(4)19/h5-10H,1-4H3,(H,18,19). The van der Waals surface area contributed by atoms with E-state index >= 15 is 0 Å². The molecule has 0 aliphatic carbocycles. The van der Waals surface area contributed by atoms with Crippen LogP contribution >= 0.6 is 0 Å². The van der Waals surface area contributed by atoms with E-state index in [0.717, 1.165) is 11.1 Å². The monoisotopic (exact) mass is 333 g/mol. The van der Waals surface area contributed by atoms with Crippen molar-refractivity contribution in [3.63, 3.8) is 0 Å². The fourth-order valence-electron chi connectivity index (χ4n) is 2.08. The van der Waals surface area contributed by atoms with Crippen LogP contribution in [0.25, 0.3) is 0 Å². The third kappa shape index (κ3) is 4.10. The first kappa shape index (κ1) is 17.0. The average Bonchev–Trinajstić information content (AvgIpc) is 2.44. The van der Waals surface area contributed by atoms with Gasteiger partial charge in [-0.15, -0.1) is 0 Å². The van der Waals surface area contributed by atoms with Crippen molar-refractivity contribution in [2.45, 2.75) is 32.6 Å². The van der Waals surface area contributed by atoms with Crippen molar-refractivity contribution in [3.05, 3.63) is 53.1 Å². The molecule has 0 radical (unpaired) electrons. The summed E-state index contributed by atoms with van der Waals surface area (Å²) in [6.45, 7) is 6.80.